The third-order valence-corrected chi connectivity index (χ3v) is 7.77. The second-order valence-corrected chi connectivity index (χ2v) is 11.2. The lowest BCUT2D eigenvalue weighted by Crippen LogP contribution is -1.97. The van der Waals surface area contributed by atoms with E-state index < -0.39 is 0 Å². The number of aromatic nitrogens is 2. The van der Waals surface area contributed by atoms with Crippen LogP contribution in [0.25, 0.3) is 11.1 Å². The molecule has 0 N–H and O–H groups in total. The van der Waals surface area contributed by atoms with Gasteiger partial charge in [-0.15, -0.1) is 0 Å². The summed E-state index contributed by atoms with van der Waals surface area (Å²) in [4.78, 5) is 9.16. The number of ether oxygens (including phenoxy) is 1. The van der Waals surface area contributed by atoms with Crippen molar-refractivity contribution in [2.24, 2.45) is 0 Å². The van der Waals surface area contributed by atoms with Gasteiger partial charge in [0.1, 0.15) is 5.75 Å². The quantitative estimate of drug-likeness (QED) is 0.0842. The first-order chi connectivity index (χ1) is 17.8. The van der Waals surface area contributed by atoms with Crippen LogP contribution in [-0.4, -0.2) is 22.3 Å². The summed E-state index contributed by atoms with van der Waals surface area (Å²) < 4.78 is 5.94. The van der Waals surface area contributed by atoms with E-state index in [2.05, 4.69) is 48.1 Å². The second kappa shape index (κ2) is 21.5. The zero-order valence-electron chi connectivity index (χ0n) is 23.3. The van der Waals surface area contributed by atoms with Gasteiger partial charge in [-0.1, -0.05) is 140 Å². The Labute approximate surface area is 226 Å². The lowest BCUT2D eigenvalue weighted by molar-refractivity contribution is 0.304. The zero-order chi connectivity index (χ0) is 25.5. The molecule has 0 spiro atoms. The van der Waals surface area contributed by atoms with E-state index in [1.54, 1.807) is 11.8 Å². The molecule has 4 heteroatoms. The van der Waals surface area contributed by atoms with Gasteiger partial charge in [-0.2, -0.15) is 0 Å². The molecular formula is C32H52N2OS. The minimum atomic E-state index is 0.809. The van der Waals surface area contributed by atoms with E-state index in [-0.39, 0.29) is 0 Å². The molecule has 36 heavy (non-hydrogen) atoms. The molecule has 1 aromatic heterocycles. The van der Waals surface area contributed by atoms with Crippen LogP contribution in [-0.2, 0) is 0 Å². The van der Waals surface area contributed by atoms with E-state index >= 15 is 0 Å². The Morgan fingerprint density at radius 1 is 0.556 bits per heavy atom. The smallest absolute Gasteiger partial charge is 0.187 e. The van der Waals surface area contributed by atoms with Gasteiger partial charge in [-0.25, -0.2) is 9.97 Å². The number of hydrogen-bond donors (Lipinski definition) is 0. The minimum Gasteiger partial charge on any atom is -0.494 e. The first-order valence-electron chi connectivity index (χ1n) is 15.0. The topological polar surface area (TPSA) is 35.0 Å². The van der Waals surface area contributed by atoms with Gasteiger partial charge in [0, 0.05) is 23.7 Å². The molecule has 1 aromatic carbocycles. The van der Waals surface area contributed by atoms with Gasteiger partial charge in [0.2, 0.25) is 0 Å². The third-order valence-electron chi connectivity index (χ3n) is 6.81. The first-order valence-corrected chi connectivity index (χ1v) is 16.0. The number of nitrogens with zero attached hydrogens (tertiary/aromatic N) is 2. The lowest BCUT2D eigenvalue weighted by atomic mass is 10.1. The molecule has 0 aliphatic carbocycles. The molecule has 1 heterocycles. The van der Waals surface area contributed by atoms with E-state index in [1.165, 1.54) is 109 Å². The summed E-state index contributed by atoms with van der Waals surface area (Å²) >= 11 is 1.78. The number of unbranched alkanes of at least 4 members (excludes halogenated alkanes) is 16. The molecule has 2 rings (SSSR count). The average molecular weight is 513 g/mol. The molecule has 0 saturated heterocycles. The fourth-order valence-electron chi connectivity index (χ4n) is 4.46. The van der Waals surface area contributed by atoms with Crippen LogP contribution >= 0.6 is 11.8 Å². The highest BCUT2D eigenvalue weighted by atomic mass is 32.2. The summed E-state index contributed by atoms with van der Waals surface area (Å²) in [7, 11) is 0. The Kier molecular flexibility index (Phi) is 18.3. The maximum absolute atomic E-state index is 5.94. The molecule has 0 saturated carbocycles. The Morgan fingerprint density at radius 3 is 1.56 bits per heavy atom. The SMILES string of the molecule is CCCCCCCCCCCOc1ccc(-c2cnc(SCCCCCCCCCCC)nc2)cc1. The summed E-state index contributed by atoms with van der Waals surface area (Å²) in [5.41, 5.74) is 2.20. The lowest BCUT2D eigenvalue weighted by Gasteiger charge is -2.08. The normalized spacial score (nSPS) is 11.2. The maximum atomic E-state index is 5.94. The molecule has 2 aromatic rings. The average Bonchev–Trinajstić information content (AvgIpc) is 2.91. The Morgan fingerprint density at radius 2 is 1.03 bits per heavy atom. The van der Waals surface area contributed by atoms with Crippen LogP contribution in [0.4, 0.5) is 0 Å². The van der Waals surface area contributed by atoms with Gasteiger partial charge in [-0.05, 0) is 30.5 Å². The molecule has 0 amide bonds. The van der Waals surface area contributed by atoms with E-state index in [0.29, 0.717) is 0 Å². The summed E-state index contributed by atoms with van der Waals surface area (Å²) in [5, 5.41) is 0.888. The Balaban J connectivity index is 1.53. The molecule has 0 aliphatic rings. The van der Waals surface area contributed by atoms with Gasteiger partial charge >= 0.3 is 0 Å². The summed E-state index contributed by atoms with van der Waals surface area (Å²) in [6.45, 7) is 5.36. The zero-order valence-corrected chi connectivity index (χ0v) is 24.1. The van der Waals surface area contributed by atoms with E-state index in [1.807, 2.05) is 12.4 Å². The minimum absolute atomic E-state index is 0.809. The molecule has 0 unspecified atom stereocenters. The second-order valence-electron chi connectivity index (χ2n) is 10.1. The molecule has 0 radical (unpaired) electrons. The van der Waals surface area contributed by atoms with Crippen molar-refractivity contribution in [2.45, 2.75) is 135 Å². The molecule has 0 atom stereocenters. The molecule has 0 fully saturated rings. The summed E-state index contributed by atoms with van der Waals surface area (Å²) in [6.07, 6.45) is 28.3. The van der Waals surface area contributed by atoms with E-state index in [4.69, 9.17) is 4.74 Å². The van der Waals surface area contributed by atoms with Crippen molar-refractivity contribution in [3.8, 4) is 16.9 Å². The fourth-order valence-corrected chi connectivity index (χ4v) is 5.25. The number of hydrogen-bond acceptors (Lipinski definition) is 4. The molecule has 0 bridgehead atoms. The van der Waals surface area contributed by atoms with Gasteiger partial charge in [0.25, 0.3) is 0 Å². The van der Waals surface area contributed by atoms with Gasteiger partial charge < -0.3 is 4.74 Å². The molecule has 0 aliphatic heterocycles. The molecular weight excluding hydrogens is 460 g/mol. The first kappa shape index (κ1) is 30.7. The van der Waals surface area contributed by atoms with Crippen molar-refractivity contribution in [3.63, 3.8) is 0 Å². The van der Waals surface area contributed by atoms with Gasteiger partial charge in [0.15, 0.2) is 5.16 Å². The summed E-state index contributed by atoms with van der Waals surface area (Å²) in [5.74, 6) is 2.06. The summed E-state index contributed by atoms with van der Waals surface area (Å²) in [6, 6.07) is 8.35. The Bertz CT molecular complexity index is 682. The van der Waals surface area contributed by atoms with Crippen LogP contribution < -0.4 is 4.74 Å². The van der Waals surface area contributed by atoms with Crippen molar-refractivity contribution in [3.05, 3.63) is 36.7 Å². The third kappa shape index (κ3) is 14.9. The predicted molar refractivity (Wildman–Crippen MR) is 158 cm³/mol. The van der Waals surface area contributed by atoms with Crippen molar-refractivity contribution in [1.82, 2.24) is 9.97 Å². The predicted octanol–water partition coefficient (Wildman–Crippen LogP) is 10.7. The maximum Gasteiger partial charge on any atom is 0.187 e. The van der Waals surface area contributed by atoms with Gasteiger partial charge in [-0.3, -0.25) is 0 Å². The standard InChI is InChI=1S/C32H52N2OS/c1-3-5-7-9-11-13-15-17-19-25-35-31-23-21-29(22-24-31)30-27-33-32(34-28-30)36-26-20-18-16-14-12-10-8-6-4-2/h21-24,27-28H,3-20,25-26H2,1-2H3. The van der Waals surface area contributed by atoms with Crippen molar-refractivity contribution in [1.29, 1.82) is 0 Å². The van der Waals surface area contributed by atoms with Crippen molar-refractivity contribution >= 4 is 11.8 Å². The van der Waals surface area contributed by atoms with Crippen LogP contribution in [0.15, 0.2) is 41.8 Å². The highest BCUT2D eigenvalue weighted by Gasteiger charge is 2.03. The van der Waals surface area contributed by atoms with Crippen molar-refractivity contribution < 1.29 is 4.74 Å². The highest BCUT2D eigenvalue weighted by Crippen LogP contribution is 2.23. The van der Waals surface area contributed by atoms with Crippen LogP contribution in [0.3, 0.4) is 0 Å². The molecule has 202 valence electrons. The van der Waals surface area contributed by atoms with E-state index in [0.717, 1.165) is 40.8 Å². The van der Waals surface area contributed by atoms with Crippen LogP contribution in [0, 0.1) is 0 Å². The van der Waals surface area contributed by atoms with Crippen molar-refractivity contribution in [2.75, 3.05) is 12.4 Å². The van der Waals surface area contributed by atoms with Crippen LogP contribution in [0.2, 0.25) is 0 Å². The molecule has 3 nitrogen and oxygen atoms in total. The van der Waals surface area contributed by atoms with Crippen LogP contribution in [0.1, 0.15) is 129 Å². The van der Waals surface area contributed by atoms with Crippen LogP contribution in [0.5, 0.6) is 5.75 Å². The van der Waals surface area contributed by atoms with E-state index in [9.17, 15) is 0 Å². The number of rotatable bonds is 23. The fraction of sp³-hybridized carbons (Fsp3) is 0.688. The Hall–Kier alpha value is -1.55. The largest absolute Gasteiger partial charge is 0.494 e. The number of thioether (sulfide) groups is 1. The van der Waals surface area contributed by atoms with Gasteiger partial charge in [0.05, 0.1) is 6.61 Å². The highest BCUT2D eigenvalue weighted by molar-refractivity contribution is 7.99. The number of benzene rings is 1. The monoisotopic (exact) mass is 512 g/mol.